The summed E-state index contributed by atoms with van der Waals surface area (Å²) in [6, 6.07) is 5.60. The molecule has 18 heavy (non-hydrogen) atoms. The van der Waals surface area contributed by atoms with Gasteiger partial charge in [-0.15, -0.1) is 0 Å². The molecule has 0 aliphatic rings. The highest BCUT2D eigenvalue weighted by molar-refractivity contribution is 5.95. The molecule has 3 heteroatoms. The number of nitrogen functional groups attached to an aromatic ring is 1. The molecular weight excluding hydrogens is 224 g/mol. The molecule has 3 N–H and O–H groups in total. The fourth-order valence-electron chi connectivity index (χ4n) is 2.22. The largest absolute Gasteiger partial charge is 0.399 e. The van der Waals surface area contributed by atoms with Gasteiger partial charge < -0.3 is 11.1 Å². The van der Waals surface area contributed by atoms with E-state index in [2.05, 4.69) is 26.1 Å². The fourth-order valence-corrected chi connectivity index (χ4v) is 2.22. The van der Waals surface area contributed by atoms with Crippen LogP contribution < -0.4 is 11.1 Å². The van der Waals surface area contributed by atoms with E-state index in [9.17, 15) is 4.79 Å². The summed E-state index contributed by atoms with van der Waals surface area (Å²) in [5.74, 6) is 0.515. The normalized spacial score (nSPS) is 12.5. The zero-order chi connectivity index (χ0) is 13.7. The number of nitrogens with one attached hydrogen (secondary N) is 1. The third-order valence-electron chi connectivity index (χ3n) is 3.65. The molecule has 0 heterocycles. The predicted octanol–water partition coefficient (Wildman–Crippen LogP) is 3.13. The molecule has 0 aromatic heterocycles. The number of aryl methyl sites for hydroxylation is 1. The zero-order valence-corrected chi connectivity index (χ0v) is 11.8. The Labute approximate surface area is 110 Å². The summed E-state index contributed by atoms with van der Waals surface area (Å²) >= 11 is 0. The average Bonchev–Trinajstić information content (AvgIpc) is 2.34. The van der Waals surface area contributed by atoms with E-state index in [0.29, 0.717) is 11.5 Å². The minimum atomic E-state index is -0.0162. The highest BCUT2D eigenvalue weighted by Crippen LogP contribution is 2.15. The highest BCUT2D eigenvalue weighted by atomic mass is 16.1. The molecule has 0 aliphatic carbocycles. The molecule has 100 valence electrons. The van der Waals surface area contributed by atoms with E-state index in [0.717, 1.165) is 24.1 Å². The Morgan fingerprint density at radius 2 is 1.94 bits per heavy atom. The van der Waals surface area contributed by atoms with Crippen molar-refractivity contribution in [1.29, 1.82) is 0 Å². The van der Waals surface area contributed by atoms with Gasteiger partial charge in [-0.2, -0.15) is 0 Å². The van der Waals surface area contributed by atoms with Gasteiger partial charge in [0, 0.05) is 17.3 Å². The number of anilines is 1. The standard InChI is InChI=1S/C15H24N2O/c1-5-12(6-2)11(4)17-15(18)13-7-8-14(16)10(3)9-13/h7-9,11-12H,5-6,16H2,1-4H3,(H,17,18). The van der Waals surface area contributed by atoms with Crippen LogP contribution in [-0.2, 0) is 0 Å². The first kappa shape index (κ1) is 14.6. The minimum absolute atomic E-state index is 0.0162. The van der Waals surface area contributed by atoms with Crippen LogP contribution in [0.2, 0.25) is 0 Å². The van der Waals surface area contributed by atoms with Gasteiger partial charge in [-0.3, -0.25) is 4.79 Å². The summed E-state index contributed by atoms with van der Waals surface area (Å²) < 4.78 is 0. The SMILES string of the molecule is CCC(CC)C(C)NC(=O)c1ccc(N)c(C)c1. The van der Waals surface area contributed by atoms with Gasteiger partial charge in [0.15, 0.2) is 0 Å². The van der Waals surface area contributed by atoms with Crippen LogP contribution in [0.15, 0.2) is 18.2 Å². The van der Waals surface area contributed by atoms with Crippen molar-refractivity contribution >= 4 is 11.6 Å². The summed E-state index contributed by atoms with van der Waals surface area (Å²) in [6.07, 6.45) is 2.16. The molecular formula is C15H24N2O. The van der Waals surface area contributed by atoms with Crippen molar-refractivity contribution in [2.75, 3.05) is 5.73 Å². The van der Waals surface area contributed by atoms with Crippen LogP contribution in [-0.4, -0.2) is 11.9 Å². The van der Waals surface area contributed by atoms with E-state index in [1.54, 1.807) is 12.1 Å². The first-order chi connectivity index (χ1) is 8.49. The Kier molecular flexibility index (Phi) is 5.20. The lowest BCUT2D eigenvalue weighted by atomic mass is 9.95. The Hall–Kier alpha value is -1.51. The number of amides is 1. The molecule has 0 fully saturated rings. The summed E-state index contributed by atoms with van der Waals surface area (Å²) in [7, 11) is 0. The average molecular weight is 248 g/mol. The van der Waals surface area contributed by atoms with E-state index < -0.39 is 0 Å². The molecule has 1 rings (SSSR count). The Balaban J connectivity index is 2.73. The molecule has 3 nitrogen and oxygen atoms in total. The quantitative estimate of drug-likeness (QED) is 0.787. The van der Waals surface area contributed by atoms with Crippen molar-refractivity contribution in [3.8, 4) is 0 Å². The first-order valence-electron chi connectivity index (χ1n) is 6.66. The lowest BCUT2D eigenvalue weighted by molar-refractivity contribution is 0.0925. The fraction of sp³-hybridized carbons (Fsp3) is 0.533. The van der Waals surface area contributed by atoms with E-state index in [4.69, 9.17) is 5.73 Å². The molecule has 0 bridgehead atoms. The summed E-state index contributed by atoms with van der Waals surface area (Å²) in [5, 5.41) is 3.07. The Morgan fingerprint density at radius 1 is 1.33 bits per heavy atom. The van der Waals surface area contributed by atoms with Gasteiger partial charge in [0.2, 0.25) is 0 Å². The molecule has 1 atom stereocenters. The van der Waals surface area contributed by atoms with Gasteiger partial charge in [-0.05, 0) is 43.5 Å². The van der Waals surface area contributed by atoms with Crippen LogP contribution in [0, 0.1) is 12.8 Å². The van der Waals surface area contributed by atoms with Gasteiger partial charge in [-0.1, -0.05) is 26.7 Å². The van der Waals surface area contributed by atoms with E-state index >= 15 is 0 Å². The summed E-state index contributed by atoms with van der Waals surface area (Å²) in [4.78, 5) is 12.1. The second-order valence-electron chi connectivity index (χ2n) is 4.91. The summed E-state index contributed by atoms with van der Waals surface area (Å²) in [6.45, 7) is 8.30. The molecule has 0 aliphatic heterocycles. The molecule has 1 aromatic rings. The predicted molar refractivity (Wildman–Crippen MR) is 76.6 cm³/mol. The molecule has 0 saturated carbocycles. The lowest BCUT2D eigenvalue weighted by Crippen LogP contribution is -2.37. The molecule has 0 saturated heterocycles. The van der Waals surface area contributed by atoms with Gasteiger partial charge in [0.1, 0.15) is 0 Å². The maximum atomic E-state index is 12.1. The van der Waals surface area contributed by atoms with Crippen molar-refractivity contribution in [3.05, 3.63) is 29.3 Å². The smallest absolute Gasteiger partial charge is 0.251 e. The maximum absolute atomic E-state index is 12.1. The molecule has 1 amide bonds. The molecule has 1 aromatic carbocycles. The van der Waals surface area contributed by atoms with E-state index in [1.165, 1.54) is 0 Å². The number of nitrogens with two attached hydrogens (primary N) is 1. The van der Waals surface area contributed by atoms with Gasteiger partial charge in [0.25, 0.3) is 5.91 Å². The molecule has 1 unspecified atom stereocenters. The van der Waals surface area contributed by atoms with Crippen molar-refractivity contribution in [2.24, 2.45) is 5.92 Å². The summed E-state index contributed by atoms with van der Waals surface area (Å²) in [5.41, 5.74) is 8.09. The first-order valence-corrected chi connectivity index (χ1v) is 6.66. The van der Waals surface area contributed by atoms with Crippen molar-refractivity contribution < 1.29 is 4.79 Å². The van der Waals surface area contributed by atoms with Crippen LogP contribution in [0.1, 0.15) is 49.5 Å². The van der Waals surface area contributed by atoms with Crippen LogP contribution in [0.25, 0.3) is 0 Å². The van der Waals surface area contributed by atoms with Crippen LogP contribution in [0.4, 0.5) is 5.69 Å². The Morgan fingerprint density at radius 3 is 2.44 bits per heavy atom. The van der Waals surface area contributed by atoms with Crippen LogP contribution >= 0.6 is 0 Å². The van der Waals surface area contributed by atoms with Gasteiger partial charge >= 0.3 is 0 Å². The molecule has 0 spiro atoms. The maximum Gasteiger partial charge on any atom is 0.251 e. The number of carbonyl (C=O) groups is 1. The monoisotopic (exact) mass is 248 g/mol. The second-order valence-corrected chi connectivity index (χ2v) is 4.91. The van der Waals surface area contributed by atoms with Gasteiger partial charge in [-0.25, -0.2) is 0 Å². The van der Waals surface area contributed by atoms with Gasteiger partial charge in [0.05, 0.1) is 0 Å². The third kappa shape index (κ3) is 3.49. The molecule has 0 radical (unpaired) electrons. The van der Waals surface area contributed by atoms with Crippen molar-refractivity contribution in [3.63, 3.8) is 0 Å². The van der Waals surface area contributed by atoms with Crippen molar-refractivity contribution in [2.45, 2.75) is 46.6 Å². The third-order valence-corrected chi connectivity index (χ3v) is 3.65. The number of rotatable bonds is 5. The lowest BCUT2D eigenvalue weighted by Gasteiger charge is -2.22. The number of benzene rings is 1. The number of hydrogen-bond acceptors (Lipinski definition) is 2. The second kappa shape index (κ2) is 6.43. The minimum Gasteiger partial charge on any atom is -0.399 e. The number of hydrogen-bond donors (Lipinski definition) is 2. The van der Waals surface area contributed by atoms with Crippen molar-refractivity contribution in [1.82, 2.24) is 5.32 Å². The number of carbonyl (C=O) groups excluding carboxylic acids is 1. The highest BCUT2D eigenvalue weighted by Gasteiger charge is 2.16. The van der Waals surface area contributed by atoms with Crippen LogP contribution in [0.3, 0.4) is 0 Å². The van der Waals surface area contributed by atoms with Crippen LogP contribution in [0.5, 0.6) is 0 Å². The topological polar surface area (TPSA) is 55.1 Å². The van der Waals surface area contributed by atoms with E-state index in [1.807, 2.05) is 13.0 Å². The Bertz CT molecular complexity index is 411. The van der Waals surface area contributed by atoms with E-state index in [-0.39, 0.29) is 11.9 Å². The zero-order valence-electron chi connectivity index (χ0n) is 11.8.